The molecule has 0 aliphatic heterocycles. The number of benzene rings is 1. The molecule has 1 aromatic heterocycles. The van der Waals surface area contributed by atoms with Crippen LogP contribution in [0.2, 0.25) is 0 Å². The average molecular weight is 268 g/mol. The quantitative estimate of drug-likeness (QED) is 0.837. The average Bonchev–Trinajstić information content (AvgIpc) is 2.65. The van der Waals surface area contributed by atoms with Gasteiger partial charge in [-0.1, -0.05) is 6.07 Å². The standard InChI is InChI=1S/C11H10BrNO2/c1-7-6-13-11(15-7)8-4-3-5-9(14-2)10(8)12/h3-6H,1-2H3. The number of halogens is 1. The molecule has 0 N–H and O–H groups in total. The van der Waals surface area contributed by atoms with Crippen molar-refractivity contribution in [2.45, 2.75) is 6.92 Å². The van der Waals surface area contributed by atoms with Crippen molar-refractivity contribution >= 4 is 15.9 Å². The van der Waals surface area contributed by atoms with Crippen molar-refractivity contribution in [1.82, 2.24) is 4.98 Å². The predicted octanol–water partition coefficient (Wildman–Crippen LogP) is 3.42. The van der Waals surface area contributed by atoms with Crippen molar-refractivity contribution in [2.24, 2.45) is 0 Å². The topological polar surface area (TPSA) is 35.3 Å². The van der Waals surface area contributed by atoms with Crippen LogP contribution in [0.1, 0.15) is 5.76 Å². The van der Waals surface area contributed by atoms with Crippen LogP contribution in [-0.2, 0) is 0 Å². The van der Waals surface area contributed by atoms with Crippen LogP contribution in [0, 0.1) is 6.92 Å². The summed E-state index contributed by atoms with van der Waals surface area (Å²) < 4.78 is 11.5. The molecular weight excluding hydrogens is 258 g/mol. The Morgan fingerprint density at radius 3 is 2.80 bits per heavy atom. The molecule has 1 heterocycles. The Morgan fingerprint density at radius 2 is 2.20 bits per heavy atom. The van der Waals surface area contributed by atoms with Gasteiger partial charge in [-0.15, -0.1) is 0 Å². The van der Waals surface area contributed by atoms with E-state index in [-0.39, 0.29) is 0 Å². The number of hydrogen-bond donors (Lipinski definition) is 0. The minimum atomic E-state index is 0.596. The van der Waals surface area contributed by atoms with Gasteiger partial charge in [0.25, 0.3) is 0 Å². The van der Waals surface area contributed by atoms with Crippen LogP contribution in [-0.4, -0.2) is 12.1 Å². The minimum Gasteiger partial charge on any atom is -0.496 e. The van der Waals surface area contributed by atoms with Crippen molar-refractivity contribution in [3.05, 3.63) is 34.6 Å². The second-order valence-electron chi connectivity index (χ2n) is 3.10. The summed E-state index contributed by atoms with van der Waals surface area (Å²) in [7, 11) is 1.63. The first kappa shape index (κ1) is 10.2. The highest BCUT2D eigenvalue weighted by molar-refractivity contribution is 9.10. The zero-order chi connectivity index (χ0) is 10.8. The van der Waals surface area contributed by atoms with E-state index in [1.54, 1.807) is 13.3 Å². The molecule has 2 aromatic rings. The van der Waals surface area contributed by atoms with Gasteiger partial charge in [0.15, 0.2) is 0 Å². The Kier molecular flexibility index (Phi) is 2.77. The highest BCUT2D eigenvalue weighted by atomic mass is 79.9. The lowest BCUT2D eigenvalue weighted by Gasteiger charge is -2.05. The van der Waals surface area contributed by atoms with Gasteiger partial charge >= 0.3 is 0 Å². The number of nitrogens with zero attached hydrogens (tertiary/aromatic N) is 1. The lowest BCUT2D eigenvalue weighted by molar-refractivity contribution is 0.412. The van der Waals surface area contributed by atoms with Crippen LogP contribution in [0.25, 0.3) is 11.5 Å². The minimum absolute atomic E-state index is 0.596. The van der Waals surface area contributed by atoms with Crippen molar-refractivity contribution in [3.8, 4) is 17.2 Å². The van der Waals surface area contributed by atoms with Crippen LogP contribution in [0.5, 0.6) is 5.75 Å². The smallest absolute Gasteiger partial charge is 0.227 e. The summed E-state index contributed by atoms with van der Waals surface area (Å²) in [5.41, 5.74) is 0.891. The number of ether oxygens (including phenoxy) is 1. The number of oxazole rings is 1. The molecular formula is C11H10BrNO2. The van der Waals surface area contributed by atoms with Gasteiger partial charge in [-0.25, -0.2) is 4.98 Å². The van der Waals surface area contributed by atoms with Crippen LogP contribution in [0.15, 0.2) is 33.3 Å². The summed E-state index contributed by atoms with van der Waals surface area (Å²) >= 11 is 3.46. The molecule has 78 valence electrons. The fourth-order valence-corrected chi connectivity index (χ4v) is 1.91. The Bertz CT molecular complexity index is 479. The van der Waals surface area contributed by atoms with E-state index >= 15 is 0 Å². The second kappa shape index (κ2) is 4.06. The third-order valence-corrected chi connectivity index (χ3v) is 2.85. The molecule has 0 atom stereocenters. The van der Waals surface area contributed by atoms with Crippen molar-refractivity contribution < 1.29 is 9.15 Å². The van der Waals surface area contributed by atoms with Crippen LogP contribution >= 0.6 is 15.9 Å². The third kappa shape index (κ3) is 1.90. The number of hydrogen-bond acceptors (Lipinski definition) is 3. The molecule has 15 heavy (non-hydrogen) atoms. The summed E-state index contributed by atoms with van der Waals surface area (Å²) in [6, 6.07) is 5.71. The van der Waals surface area contributed by atoms with Gasteiger partial charge in [0.2, 0.25) is 5.89 Å². The van der Waals surface area contributed by atoms with Gasteiger partial charge in [-0.2, -0.15) is 0 Å². The summed E-state index contributed by atoms with van der Waals surface area (Å²) in [6.45, 7) is 1.87. The van der Waals surface area contributed by atoms with E-state index in [1.807, 2.05) is 25.1 Å². The Hall–Kier alpha value is -1.29. The number of aromatic nitrogens is 1. The molecule has 1 aromatic carbocycles. The van der Waals surface area contributed by atoms with E-state index in [2.05, 4.69) is 20.9 Å². The molecule has 0 aliphatic carbocycles. The molecule has 4 heteroatoms. The largest absolute Gasteiger partial charge is 0.496 e. The molecule has 0 spiro atoms. The van der Waals surface area contributed by atoms with Crippen molar-refractivity contribution in [2.75, 3.05) is 7.11 Å². The van der Waals surface area contributed by atoms with Gasteiger partial charge in [0, 0.05) is 0 Å². The molecule has 0 aliphatic rings. The highest BCUT2D eigenvalue weighted by Crippen LogP contribution is 2.34. The number of rotatable bonds is 2. The summed E-state index contributed by atoms with van der Waals surface area (Å²) in [6.07, 6.45) is 1.70. The molecule has 2 rings (SSSR count). The Balaban J connectivity index is 2.53. The normalized spacial score (nSPS) is 10.3. The zero-order valence-corrected chi connectivity index (χ0v) is 10.0. The van der Waals surface area contributed by atoms with E-state index in [4.69, 9.17) is 9.15 Å². The van der Waals surface area contributed by atoms with E-state index in [1.165, 1.54) is 0 Å². The van der Waals surface area contributed by atoms with Gasteiger partial charge in [-0.3, -0.25) is 0 Å². The molecule has 0 amide bonds. The second-order valence-corrected chi connectivity index (χ2v) is 3.89. The van der Waals surface area contributed by atoms with Crippen LogP contribution in [0.3, 0.4) is 0 Å². The summed E-state index contributed by atoms with van der Waals surface area (Å²) in [4.78, 5) is 4.17. The van der Waals surface area contributed by atoms with Crippen LogP contribution < -0.4 is 4.74 Å². The molecule has 0 radical (unpaired) electrons. The van der Waals surface area contributed by atoms with Gasteiger partial charge < -0.3 is 9.15 Å². The van der Waals surface area contributed by atoms with E-state index < -0.39 is 0 Å². The lowest BCUT2D eigenvalue weighted by Crippen LogP contribution is -1.86. The number of methoxy groups -OCH3 is 1. The van der Waals surface area contributed by atoms with E-state index in [9.17, 15) is 0 Å². The molecule has 0 fully saturated rings. The Labute approximate surface area is 96.2 Å². The molecule has 0 saturated carbocycles. The SMILES string of the molecule is COc1cccc(-c2ncc(C)o2)c1Br. The first-order valence-corrected chi connectivity index (χ1v) is 5.27. The van der Waals surface area contributed by atoms with E-state index in [0.29, 0.717) is 5.89 Å². The third-order valence-electron chi connectivity index (χ3n) is 2.03. The highest BCUT2D eigenvalue weighted by Gasteiger charge is 2.11. The van der Waals surface area contributed by atoms with Gasteiger partial charge in [0.1, 0.15) is 11.5 Å². The summed E-state index contributed by atoms with van der Waals surface area (Å²) in [5, 5.41) is 0. The maximum Gasteiger partial charge on any atom is 0.227 e. The summed E-state index contributed by atoms with van der Waals surface area (Å²) in [5.74, 6) is 2.15. The first-order chi connectivity index (χ1) is 7.22. The van der Waals surface area contributed by atoms with Crippen LogP contribution in [0.4, 0.5) is 0 Å². The molecule has 0 saturated heterocycles. The Morgan fingerprint density at radius 1 is 1.40 bits per heavy atom. The monoisotopic (exact) mass is 267 g/mol. The fourth-order valence-electron chi connectivity index (χ4n) is 1.31. The van der Waals surface area contributed by atoms with Crippen molar-refractivity contribution in [1.29, 1.82) is 0 Å². The van der Waals surface area contributed by atoms with E-state index in [0.717, 1.165) is 21.5 Å². The van der Waals surface area contributed by atoms with Gasteiger partial charge in [0.05, 0.1) is 23.3 Å². The molecule has 0 bridgehead atoms. The van der Waals surface area contributed by atoms with Crippen molar-refractivity contribution in [3.63, 3.8) is 0 Å². The maximum atomic E-state index is 5.45. The lowest BCUT2D eigenvalue weighted by atomic mass is 10.2. The maximum absolute atomic E-state index is 5.45. The molecule has 3 nitrogen and oxygen atoms in total. The first-order valence-electron chi connectivity index (χ1n) is 4.47. The fraction of sp³-hybridized carbons (Fsp3) is 0.182. The molecule has 0 unspecified atom stereocenters. The van der Waals surface area contributed by atoms with Gasteiger partial charge in [-0.05, 0) is 35.0 Å². The number of aryl methyl sites for hydroxylation is 1. The predicted molar refractivity (Wildman–Crippen MR) is 60.9 cm³/mol. The zero-order valence-electron chi connectivity index (χ0n) is 8.45.